The molecule has 0 bridgehead atoms. The largest absolute Gasteiger partial charge is 0.341 e. The fourth-order valence-corrected chi connectivity index (χ4v) is 5.21. The van der Waals surface area contributed by atoms with Gasteiger partial charge in [0.2, 0.25) is 5.95 Å². The quantitative estimate of drug-likeness (QED) is 0.527. The molecule has 1 aliphatic carbocycles. The highest BCUT2D eigenvalue weighted by Gasteiger charge is 2.45. The van der Waals surface area contributed by atoms with Gasteiger partial charge in [-0.2, -0.15) is 4.98 Å². The fraction of sp³-hybridized carbons (Fsp3) is 0.464. The number of rotatable bonds is 8. The van der Waals surface area contributed by atoms with Crippen molar-refractivity contribution in [2.75, 3.05) is 26.0 Å². The van der Waals surface area contributed by atoms with E-state index in [2.05, 4.69) is 114 Å². The summed E-state index contributed by atoms with van der Waals surface area (Å²) < 4.78 is 0. The van der Waals surface area contributed by atoms with Crippen LogP contribution < -0.4 is 10.2 Å². The zero-order valence-corrected chi connectivity index (χ0v) is 21.2. The Morgan fingerprint density at radius 2 is 1.41 bits per heavy atom. The summed E-state index contributed by atoms with van der Waals surface area (Å²) in [5, 5.41) is 3.90. The average Bonchev–Trinajstić information content (AvgIpc) is 2.88. The molecule has 0 atom stereocenters. The Balaban J connectivity index is 1.59. The molecule has 1 aliphatic rings. The van der Waals surface area contributed by atoms with Gasteiger partial charge in [0.15, 0.2) is 0 Å². The number of hydrogen-bond acceptors (Lipinski definition) is 6. The maximum absolute atomic E-state index is 4.74. The molecule has 1 saturated carbocycles. The molecule has 1 fully saturated rings. The van der Waals surface area contributed by atoms with Crippen molar-refractivity contribution < 1.29 is 0 Å². The van der Waals surface area contributed by atoms with E-state index in [4.69, 9.17) is 4.98 Å². The van der Waals surface area contributed by atoms with Crippen LogP contribution in [0.5, 0.6) is 0 Å². The van der Waals surface area contributed by atoms with Gasteiger partial charge in [0.05, 0.1) is 6.54 Å². The molecule has 4 rings (SSSR count). The summed E-state index contributed by atoms with van der Waals surface area (Å²) in [4.78, 5) is 18.1. The van der Waals surface area contributed by atoms with Crippen LogP contribution in [0.15, 0.2) is 67.0 Å². The number of anilines is 1. The maximum Gasteiger partial charge on any atom is 0.228 e. The minimum Gasteiger partial charge on any atom is -0.341 e. The predicted octanol–water partition coefficient (Wildman–Crippen LogP) is 4.73. The van der Waals surface area contributed by atoms with Gasteiger partial charge < -0.3 is 10.2 Å². The summed E-state index contributed by atoms with van der Waals surface area (Å²) in [6.07, 6.45) is 5.84. The summed E-state index contributed by atoms with van der Waals surface area (Å²) in [6, 6.07) is 22.2. The van der Waals surface area contributed by atoms with Crippen LogP contribution in [-0.4, -0.2) is 47.0 Å². The Labute approximate surface area is 204 Å². The fourth-order valence-electron chi connectivity index (χ4n) is 5.21. The SMILES string of the molecule is CC(C)N(C)c1ncnc(CNC2(c3ccccc3)CCC(c3ccccc3)(N(C)C)CC2)n1. The molecule has 0 amide bonds. The molecule has 0 radical (unpaired) electrons. The Bertz CT molecular complexity index is 1040. The van der Waals surface area contributed by atoms with Gasteiger partial charge in [0.25, 0.3) is 0 Å². The predicted molar refractivity (Wildman–Crippen MR) is 139 cm³/mol. The highest BCUT2D eigenvalue weighted by molar-refractivity contribution is 5.31. The van der Waals surface area contributed by atoms with Crippen molar-refractivity contribution in [3.05, 3.63) is 83.9 Å². The lowest BCUT2D eigenvalue weighted by molar-refractivity contribution is 0.0521. The molecule has 180 valence electrons. The number of nitrogens with zero attached hydrogens (tertiary/aromatic N) is 5. The summed E-state index contributed by atoms with van der Waals surface area (Å²) in [6.45, 7) is 4.88. The number of benzene rings is 2. The molecule has 1 N–H and O–H groups in total. The van der Waals surface area contributed by atoms with Crippen molar-refractivity contribution in [2.24, 2.45) is 0 Å². The van der Waals surface area contributed by atoms with Crippen molar-refractivity contribution in [1.29, 1.82) is 0 Å². The van der Waals surface area contributed by atoms with Gasteiger partial charge in [0.1, 0.15) is 12.2 Å². The van der Waals surface area contributed by atoms with Gasteiger partial charge in [-0.15, -0.1) is 0 Å². The monoisotopic (exact) mass is 458 g/mol. The van der Waals surface area contributed by atoms with E-state index < -0.39 is 0 Å². The van der Waals surface area contributed by atoms with Crippen molar-refractivity contribution in [2.45, 2.75) is 63.2 Å². The lowest BCUT2D eigenvalue weighted by Crippen LogP contribution is -2.52. The van der Waals surface area contributed by atoms with E-state index in [9.17, 15) is 0 Å². The van der Waals surface area contributed by atoms with Crippen LogP contribution in [0.3, 0.4) is 0 Å². The van der Waals surface area contributed by atoms with Gasteiger partial charge in [-0.1, -0.05) is 60.7 Å². The highest BCUT2D eigenvalue weighted by atomic mass is 15.3. The van der Waals surface area contributed by atoms with E-state index in [1.165, 1.54) is 11.1 Å². The summed E-state index contributed by atoms with van der Waals surface area (Å²) in [7, 11) is 6.45. The molecular formula is C28H38N6. The first-order valence-electron chi connectivity index (χ1n) is 12.3. The molecule has 0 saturated heterocycles. The van der Waals surface area contributed by atoms with Crippen LogP contribution in [0.4, 0.5) is 5.95 Å². The van der Waals surface area contributed by atoms with E-state index in [1.807, 2.05) is 7.05 Å². The second-order valence-corrected chi connectivity index (χ2v) is 10.0. The highest BCUT2D eigenvalue weighted by Crippen LogP contribution is 2.48. The number of nitrogens with one attached hydrogen (secondary N) is 1. The van der Waals surface area contributed by atoms with E-state index in [0.29, 0.717) is 12.6 Å². The van der Waals surface area contributed by atoms with Crippen LogP contribution in [-0.2, 0) is 17.6 Å². The molecule has 6 heteroatoms. The Morgan fingerprint density at radius 1 is 0.824 bits per heavy atom. The molecule has 3 aromatic rings. The summed E-state index contributed by atoms with van der Waals surface area (Å²) in [5.74, 6) is 1.50. The third-order valence-electron chi connectivity index (χ3n) is 7.71. The standard InChI is InChI=1S/C28H38N6/c1-22(2)34(5)26-30-21-29-25(32-26)20-31-27(23-12-8-6-9-13-23)16-18-28(19-17-27,33(3)4)24-14-10-7-11-15-24/h6-15,21-22,31H,16-20H2,1-5H3. The maximum atomic E-state index is 4.74. The topological polar surface area (TPSA) is 57.2 Å². The molecule has 0 spiro atoms. The van der Waals surface area contributed by atoms with Crippen LogP contribution in [0, 0.1) is 0 Å². The van der Waals surface area contributed by atoms with Crippen LogP contribution in [0.1, 0.15) is 56.5 Å². The lowest BCUT2D eigenvalue weighted by Gasteiger charge is -2.50. The zero-order valence-electron chi connectivity index (χ0n) is 21.2. The molecule has 6 nitrogen and oxygen atoms in total. The Morgan fingerprint density at radius 3 is 1.97 bits per heavy atom. The Hall–Kier alpha value is -2.83. The van der Waals surface area contributed by atoms with Gasteiger partial charge in [-0.25, -0.2) is 9.97 Å². The molecule has 1 heterocycles. The van der Waals surface area contributed by atoms with Gasteiger partial charge in [-0.05, 0) is 64.8 Å². The van der Waals surface area contributed by atoms with Crippen molar-refractivity contribution in [3.63, 3.8) is 0 Å². The van der Waals surface area contributed by atoms with Gasteiger partial charge >= 0.3 is 0 Å². The zero-order chi connectivity index (χ0) is 24.2. The summed E-state index contributed by atoms with van der Waals surface area (Å²) >= 11 is 0. The van der Waals surface area contributed by atoms with Crippen LogP contribution in [0.25, 0.3) is 0 Å². The van der Waals surface area contributed by atoms with Crippen molar-refractivity contribution in [1.82, 2.24) is 25.2 Å². The molecular weight excluding hydrogens is 420 g/mol. The normalized spacial score (nSPS) is 22.8. The van der Waals surface area contributed by atoms with Crippen molar-refractivity contribution in [3.8, 4) is 0 Å². The average molecular weight is 459 g/mol. The number of aromatic nitrogens is 3. The first-order chi connectivity index (χ1) is 16.4. The molecule has 1 aromatic heterocycles. The smallest absolute Gasteiger partial charge is 0.228 e. The molecule has 0 aliphatic heterocycles. The third-order valence-corrected chi connectivity index (χ3v) is 7.71. The molecule has 2 aromatic carbocycles. The Kier molecular flexibility index (Phi) is 7.29. The first-order valence-corrected chi connectivity index (χ1v) is 12.3. The minimum atomic E-state index is -0.119. The van der Waals surface area contributed by atoms with E-state index in [-0.39, 0.29) is 11.1 Å². The summed E-state index contributed by atoms with van der Waals surface area (Å²) in [5.41, 5.74) is 2.66. The molecule has 34 heavy (non-hydrogen) atoms. The van der Waals surface area contributed by atoms with E-state index in [1.54, 1.807) is 6.33 Å². The van der Waals surface area contributed by atoms with Gasteiger partial charge in [0, 0.05) is 24.2 Å². The van der Waals surface area contributed by atoms with Gasteiger partial charge in [-0.3, -0.25) is 4.90 Å². The van der Waals surface area contributed by atoms with Crippen LogP contribution in [0.2, 0.25) is 0 Å². The first kappa shape index (κ1) is 24.3. The third kappa shape index (κ3) is 4.84. The number of hydrogen-bond donors (Lipinski definition) is 1. The molecule has 0 unspecified atom stereocenters. The van der Waals surface area contributed by atoms with E-state index >= 15 is 0 Å². The second kappa shape index (κ2) is 10.2. The second-order valence-electron chi connectivity index (χ2n) is 10.0. The lowest BCUT2D eigenvalue weighted by atomic mass is 9.66. The van der Waals surface area contributed by atoms with Crippen molar-refractivity contribution >= 4 is 5.95 Å². The van der Waals surface area contributed by atoms with Crippen LogP contribution >= 0.6 is 0 Å². The van der Waals surface area contributed by atoms with E-state index in [0.717, 1.165) is 37.5 Å². The minimum absolute atomic E-state index is 0.0432.